The molecule has 1 aliphatic carbocycles. The molecule has 0 unspecified atom stereocenters. The van der Waals surface area contributed by atoms with Gasteiger partial charge in [0.05, 0.1) is 0 Å². The largest absolute Gasteiger partial charge is 0.327 e. The molecule has 0 aromatic heterocycles. The van der Waals surface area contributed by atoms with Crippen LogP contribution in [0, 0.1) is 11.6 Å². The van der Waals surface area contributed by atoms with Gasteiger partial charge in [-0.05, 0) is 24.5 Å². The molecule has 0 aliphatic heterocycles. The van der Waals surface area contributed by atoms with Gasteiger partial charge >= 0.3 is 0 Å². The summed E-state index contributed by atoms with van der Waals surface area (Å²) in [5.41, 5.74) is 6.26. The Morgan fingerprint density at radius 1 is 1.21 bits per heavy atom. The minimum atomic E-state index is -0.533. The molecule has 78 valence electrons. The first kappa shape index (κ1) is 11.4. The van der Waals surface area contributed by atoms with Crippen molar-refractivity contribution >= 4 is 12.4 Å². The second kappa shape index (κ2) is 4.24. The zero-order valence-corrected chi connectivity index (χ0v) is 8.36. The predicted molar refractivity (Wildman–Crippen MR) is 53.6 cm³/mol. The Morgan fingerprint density at radius 2 is 1.93 bits per heavy atom. The molecule has 0 amide bonds. The van der Waals surface area contributed by atoms with Crippen LogP contribution in [0.15, 0.2) is 18.2 Å². The van der Waals surface area contributed by atoms with Crippen LogP contribution in [-0.2, 0) is 0 Å². The molecule has 2 N–H and O–H groups in total. The smallest absolute Gasteiger partial charge is 0.129 e. The Bertz CT molecular complexity index is 330. The van der Waals surface area contributed by atoms with Crippen molar-refractivity contribution in [3.05, 3.63) is 35.4 Å². The lowest BCUT2D eigenvalue weighted by molar-refractivity contribution is 0.336. The monoisotopic (exact) mass is 219 g/mol. The molecule has 1 nitrogen and oxygen atoms in total. The normalized spacial score (nSPS) is 25.1. The molecule has 1 aromatic rings. The topological polar surface area (TPSA) is 26.0 Å². The molecule has 2 atom stereocenters. The van der Waals surface area contributed by atoms with E-state index in [9.17, 15) is 8.78 Å². The predicted octanol–water partition coefficient (Wildman–Crippen LogP) is 2.59. The molecule has 0 bridgehead atoms. The molecule has 4 heteroatoms. The Morgan fingerprint density at radius 3 is 2.36 bits per heavy atom. The van der Waals surface area contributed by atoms with Crippen LogP contribution >= 0.6 is 12.4 Å². The fourth-order valence-electron chi connectivity index (χ4n) is 1.71. The summed E-state index contributed by atoms with van der Waals surface area (Å²) in [6.07, 6.45) is 1.84. The maximum absolute atomic E-state index is 13.2. The zero-order valence-electron chi connectivity index (χ0n) is 7.54. The summed E-state index contributed by atoms with van der Waals surface area (Å²) in [5, 5.41) is 0. The molecule has 1 fully saturated rings. The molecule has 2 rings (SSSR count). The third kappa shape index (κ3) is 1.88. The average molecular weight is 220 g/mol. The quantitative estimate of drug-likeness (QED) is 0.772. The summed E-state index contributed by atoms with van der Waals surface area (Å²) in [5.74, 6) is -0.921. The van der Waals surface area contributed by atoms with Crippen LogP contribution < -0.4 is 5.73 Å². The Labute approximate surface area is 87.7 Å². The van der Waals surface area contributed by atoms with Gasteiger partial charge in [-0.25, -0.2) is 8.78 Å². The van der Waals surface area contributed by atoms with Crippen LogP contribution in [0.2, 0.25) is 0 Å². The SMILES string of the molecule is Cl.N[C@H]1CC[C@H]1c1ccc(F)cc1F. The molecule has 14 heavy (non-hydrogen) atoms. The standard InChI is InChI=1S/C10H11F2N.ClH/c11-6-1-2-7(9(12)5-6)8-3-4-10(8)13;/h1-2,5,8,10H,3-4,13H2;1H/t8-,10-;/m0./s1. The third-order valence-corrected chi connectivity index (χ3v) is 2.69. The van der Waals surface area contributed by atoms with Crippen molar-refractivity contribution in [3.8, 4) is 0 Å². The summed E-state index contributed by atoms with van der Waals surface area (Å²) >= 11 is 0. The minimum absolute atomic E-state index is 0. The highest BCUT2D eigenvalue weighted by molar-refractivity contribution is 5.85. The van der Waals surface area contributed by atoms with E-state index in [1.165, 1.54) is 12.1 Å². The van der Waals surface area contributed by atoms with Crippen molar-refractivity contribution in [1.82, 2.24) is 0 Å². The number of nitrogens with two attached hydrogens (primary N) is 1. The molecular weight excluding hydrogens is 208 g/mol. The van der Waals surface area contributed by atoms with Crippen molar-refractivity contribution < 1.29 is 8.78 Å². The number of rotatable bonds is 1. The van der Waals surface area contributed by atoms with Crippen LogP contribution in [0.3, 0.4) is 0 Å². The molecule has 1 aromatic carbocycles. The van der Waals surface area contributed by atoms with E-state index in [4.69, 9.17) is 5.73 Å². The third-order valence-electron chi connectivity index (χ3n) is 2.69. The molecule has 1 saturated carbocycles. The van der Waals surface area contributed by atoms with Gasteiger partial charge in [-0.3, -0.25) is 0 Å². The molecule has 1 aliphatic rings. The number of hydrogen-bond acceptors (Lipinski definition) is 1. The first-order chi connectivity index (χ1) is 6.18. The summed E-state index contributed by atoms with van der Waals surface area (Å²) in [7, 11) is 0. The Kier molecular flexibility index (Phi) is 3.45. The van der Waals surface area contributed by atoms with Gasteiger partial charge in [-0.1, -0.05) is 6.07 Å². The molecular formula is C10H12ClF2N. The van der Waals surface area contributed by atoms with Crippen LogP contribution in [0.4, 0.5) is 8.78 Å². The van der Waals surface area contributed by atoms with Gasteiger partial charge in [0, 0.05) is 18.0 Å². The van der Waals surface area contributed by atoms with Gasteiger partial charge in [0.1, 0.15) is 11.6 Å². The van der Waals surface area contributed by atoms with Crippen molar-refractivity contribution in [1.29, 1.82) is 0 Å². The molecule has 0 heterocycles. The van der Waals surface area contributed by atoms with Crippen molar-refractivity contribution in [2.24, 2.45) is 5.73 Å². The summed E-state index contributed by atoms with van der Waals surface area (Å²) in [4.78, 5) is 0. The van der Waals surface area contributed by atoms with Crippen molar-refractivity contribution in [3.63, 3.8) is 0 Å². The highest BCUT2D eigenvalue weighted by Crippen LogP contribution is 2.36. The van der Waals surface area contributed by atoms with E-state index in [1.54, 1.807) is 0 Å². The van der Waals surface area contributed by atoms with E-state index in [1.807, 2.05) is 0 Å². The van der Waals surface area contributed by atoms with Crippen molar-refractivity contribution in [2.45, 2.75) is 24.8 Å². The first-order valence-corrected chi connectivity index (χ1v) is 4.39. The molecule has 0 radical (unpaired) electrons. The minimum Gasteiger partial charge on any atom is -0.327 e. The van der Waals surface area contributed by atoms with Gasteiger partial charge in [0.2, 0.25) is 0 Å². The summed E-state index contributed by atoms with van der Waals surface area (Å²) in [6, 6.07) is 3.73. The van der Waals surface area contributed by atoms with Gasteiger partial charge in [-0.15, -0.1) is 12.4 Å². The number of halogens is 3. The maximum Gasteiger partial charge on any atom is 0.129 e. The van der Waals surface area contributed by atoms with E-state index in [-0.39, 0.29) is 24.4 Å². The van der Waals surface area contributed by atoms with E-state index in [0.29, 0.717) is 5.56 Å². The molecule has 0 spiro atoms. The van der Waals surface area contributed by atoms with Gasteiger partial charge in [0.25, 0.3) is 0 Å². The van der Waals surface area contributed by atoms with Crippen molar-refractivity contribution in [2.75, 3.05) is 0 Å². The van der Waals surface area contributed by atoms with Crippen LogP contribution in [0.1, 0.15) is 24.3 Å². The Hall–Kier alpha value is -0.670. The first-order valence-electron chi connectivity index (χ1n) is 4.39. The zero-order chi connectivity index (χ0) is 9.42. The lowest BCUT2D eigenvalue weighted by Gasteiger charge is -2.34. The summed E-state index contributed by atoms with van der Waals surface area (Å²) < 4.78 is 25.8. The maximum atomic E-state index is 13.2. The lowest BCUT2D eigenvalue weighted by Crippen LogP contribution is -2.37. The van der Waals surface area contributed by atoms with E-state index >= 15 is 0 Å². The number of hydrogen-bond donors (Lipinski definition) is 1. The van der Waals surface area contributed by atoms with E-state index in [0.717, 1.165) is 18.9 Å². The Balaban J connectivity index is 0.000000980. The lowest BCUT2D eigenvalue weighted by atomic mass is 9.75. The van der Waals surface area contributed by atoms with E-state index in [2.05, 4.69) is 0 Å². The second-order valence-corrected chi connectivity index (χ2v) is 3.51. The van der Waals surface area contributed by atoms with Gasteiger partial charge < -0.3 is 5.73 Å². The highest BCUT2D eigenvalue weighted by Gasteiger charge is 2.30. The fourth-order valence-corrected chi connectivity index (χ4v) is 1.71. The fraction of sp³-hybridized carbons (Fsp3) is 0.400. The molecule has 0 saturated heterocycles. The van der Waals surface area contributed by atoms with Gasteiger partial charge in [-0.2, -0.15) is 0 Å². The van der Waals surface area contributed by atoms with E-state index < -0.39 is 11.6 Å². The van der Waals surface area contributed by atoms with Crippen LogP contribution in [-0.4, -0.2) is 6.04 Å². The van der Waals surface area contributed by atoms with Crippen LogP contribution in [0.5, 0.6) is 0 Å². The number of benzene rings is 1. The second-order valence-electron chi connectivity index (χ2n) is 3.51. The van der Waals surface area contributed by atoms with Crippen LogP contribution in [0.25, 0.3) is 0 Å². The highest BCUT2D eigenvalue weighted by atomic mass is 35.5. The average Bonchev–Trinajstić information content (AvgIpc) is 2.07. The van der Waals surface area contributed by atoms with Gasteiger partial charge in [0.15, 0.2) is 0 Å². The summed E-state index contributed by atoms with van der Waals surface area (Å²) in [6.45, 7) is 0.